The monoisotopic (exact) mass is 337 g/mol. The number of rotatable bonds is 4. The molecule has 0 N–H and O–H groups in total. The number of nitrogens with zero attached hydrogens (tertiary/aromatic N) is 3. The minimum absolute atomic E-state index is 0.194. The van der Waals surface area contributed by atoms with Crippen LogP contribution in [-0.2, 0) is 9.53 Å². The third-order valence-corrected chi connectivity index (χ3v) is 4.07. The molecule has 0 saturated heterocycles. The molecule has 0 radical (unpaired) electrons. The number of aryl methyl sites for hydroxylation is 1. The van der Waals surface area contributed by atoms with Crippen LogP contribution < -0.4 is 0 Å². The largest absolute Gasteiger partial charge is 0.459 e. The van der Waals surface area contributed by atoms with Crippen molar-refractivity contribution >= 4 is 33.3 Å². The Hall–Kier alpha value is -2.09. The summed E-state index contributed by atoms with van der Waals surface area (Å²) < 4.78 is 5.43. The zero-order valence-electron chi connectivity index (χ0n) is 13.7. The molecule has 2 heterocycles. The molecule has 124 valence electrons. The van der Waals surface area contributed by atoms with Crippen molar-refractivity contribution in [1.82, 2.24) is 9.97 Å². The molecule has 0 aromatic carbocycles. The Morgan fingerprint density at radius 1 is 1.48 bits per heavy atom. The second-order valence-electron chi connectivity index (χ2n) is 6.20. The predicted molar refractivity (Wildman–Crippen MR) is 87.7 cm³/mol. The highest BCUT2D eigenvalue weighted by Gasteiger charge is 2.34. The maximum atomic E-state index is 12.5. The zero-order chi connectivity index (χ0) is 17.4. The lowest BCUT2D eigenvalue weighted by molar-refractivity contribution is -0.385. The summed E-state index contributed by atoms with van der Waals surface area (Å²) in [4.78, 5) is 32.4. The minimum Gasteiger partial charge on any atom is -0.459 e. The van der Waals surface area contributed by atoms with Crippen LogP contribution in [0.5, 0.6) is 0 Å². The molecule has 7 nitrogen and oxygen atoms in total. The second-order valence-corrected chi connectivity index (χ2v) is 7.38. The van der Waals surface area contributed by atoms with Crippen molar-refractivity contribution in [3.8, 4) is 0 Å². The molecule has 2 aromatic heterocycles. The first-order valence-corrected chi connectivity index (χ1v) is 8.09. The lowest BCUT2D eigenvalue weighted by atomic mass is 9.94. The van der Waals surface area contributed by atoms with Crippen LogP contribution in [0.2, 0.25) is 0 Å². The highest BCUT2D eigenvalue weighted by atomic mass is 32.1. The number of hydrogen-bond acceptors (Lipinski definition) is 7. The Morgan fingerprint density at radius 2 is 2.13 bits per heavy atom. The Labute approximate surface area is 137 Å². The van der Waals surface area contributed by atoms with Crippen molar-refractivity contribution in [2.75, 3.05) is 0 Å². The Kier molecular flexibility index (Phi) is 4.65. The number of thiazole rings is 1. The summed E-state index contributed by atoms with van der Waals surface area (Å²) in [5, 5.41) is 12.1. The maximum absolute atomic E-state index is 12.5. The van der Waals surface area contributed by atoms with Crippen LogP contribution in [0.3, 0.4) is 0 Å². The lowest BCUT2D eigenvalue weighted by Crippen LogP contribution is -2.28. The normalized spacial score (nSPS) is 13.1. The van der Waals surface area contributed by atoms with Crippen LogP contribution in [0.15, 0.2) is 6.20 Å². The number of carbonyl (C=O) groups is 1. The van der Waals surface area contributed by atoms with Gasteiger partial charge >= 0.3 is 5.97 Å². The third kappa shape index (κ3) is 3.64. The van der Waals surface area contributed by atoms with E-state index in [4.69, 9.17) is 4.74 Å². The molecule has 0 aliphatic rings. The summed E-state index contributed by atoms with van der Waals surface area (Å²) in [6.45, 7) is 8.89. The van der Waals surface area contributed by atoms with Gasteiger partial charge in [0, 0.05) is 0 Å². The number of pyridine rings is 1. The molecule has 1 atom stereocenters. The Bertz CT molecular complexity index is 764. The summed E-state index contributed by atoms with van der Waals surface area (Å²) in [5.74, 6) is -1.23. The SMILES string of the molecule is CCC(C(=O)OC(C)(C)C)c1c([N+](=O)[O-])cnc2sc(C)nc12. The molecule has 8 heteroatoms. The lowest BCUT2D eigenvalue weighted by Gasteiger charge is -2.23. The second kappa shape index (κ2) is 6.19. The fraction of sp³-hybridized carbons (Fsp3) is 0.533. The topological polar surface area (TPSA) is 95.2 Å². The molecule has 2 rings (SSSR count). The molecule has 23 heavy (non-hydrogen) atoms. The molecule has 0 amide bonds. The molecule has 1 unspecified atom stereocenters. The van der Waals surface area contributed by atoms with E-state index in [9.17, 15) is 14.9 Å². The quantitative estimate of drug-likeness (QED) is 0.479. The summed E-state index contributed by atoms with van der Waals surface area (Å²) in [6.07, 6.45) is 1.58. The average molecular weight is 337 g/mol. The van der Waals surface area contributed by atoms with Crippen molar-refractivity contribution in [2.24, 2.45) is 0 Å². The standard InChI is InChI=1S/C15H19N3O4S/c1-6-9(14(19)22-15(3,4)5)11-10(18(20)21)7-16-13-12(11)17-8(2)23-13/h7,9H,6H2,1-5H3. The van der Waals surface area contributed by atoms with E-state index in [1.54, 1.807) is 34.6 Å². The smallest absolute Gasteiger partial charge is 0.314 e. The number of ether oxygens (including phenoxy) is 1. The van der Waals surface area contributed by atoms with Crippen LogP contribution in [0.25, 0.3) is 10.3 Å². The van der Waals surface area contributed by atoms with E-state index < -0.39 is 22.4 Å². The molecule has 0 aliphatic carbocycles. The third-order valence-electron chi connectivity index (χ3n) is 3.20. The van der Waals surface area contributed by atoms with Crippen molar-refractivity contribution in [1.29, 1.82) is 0 Å². The van der Waals surface area contributed by atoms with Gasteiger partial charge in [-0.1, -0.05) is 18.3 Å². The number of carbonyl (C=O) groups excluding carboxylic acids is 1. The summed E-state index contributed by atoms with van der Waals surface area (Å²) in [7, 11) is 0. The van der Waals surface area contributed by atoms with E-state index in [0.717, 1.165) is 5.01 Å². The number of fused-ring (bicyclic) bond motifs is 1. The van der Waals surface area contributed by atoms with Gasteiger partial charge in [-0.15, -0.1) is 0 Å². The van der Waals surface area contributed by atoms with Crippen LogP contribution in [-0.4, -0.2) is 26.5 Å². The Balaban J connectivity index is 2.64. The summed E-state index contributed by atoms with van der Waals surface area (Å²) in [6, 6.07) is 0. The summed E-state index contributed by atoms with van der Waals surface area (Å²) in [5.41, 5.74) is -0.148. The van der Waals surface area contributed by atoms with E-state index in [1.807, 2.05) is 0 Å². The fourth-order valence-electron chi connectivity index (χ4n) is 2.34. The number of esters is 1. The molecule has 0 saturated carbocycles. The van der Waals surface area contributed by atoms with Gasteiger partial charge in [0.2, 0.25) is 0 Å². The fourth-order valence-corrected chi connectivity index (χ4v) is 3.11. The van der Waals surface area contributed by atoms with Crippen molar-refractivity contribution in [3.63, 3.8) is 0 Å². The number of nitro groups is 1. The first-order valence-electron chi connectivity index (χ1n) is 7.27. The molecule has 0 spiro atoms. The molecule has 0 bridgehead atoms. The highest BCUT2D eigenvalue weighted by molar-refractivity contribution is 7.18. The average Bonchev–Trinajstić information content (AvgIpc) is 2.77. The first-order chi connectivity index (χ1) is 10.6. The molecular formula is C15H19N3O4S. The van der Waals surface area contributed by atoms with Gasteiger partial charge in [0.15, 0.2) is 0 Å². The number of aromatic nitrogens is 2. The van der Waals surface area contributed by atoms with Crippen LogP contribution >= 0.6 is 11.3 Å². The first kappa shape index (κ1) is 17.3. The van der Waals surface area contributed by atoms with E-state index in [0.29, 0.717) is 22.3 Å². The Morgan fingerprint density at radius 3 is 2.65 bits per heavy atom. The summed E-state index contributed by atoms with van der Waals surface area (Å²) >= 11 is 1.34. The van der Waals surface area contributed by atoms with Crippen molar-refractivity contribution < 1.29 is 14.5 Å². The highest BCUT2D eigenvalue weighted by Crippen LogP contribution is 2.37. The van der Waals surface area contributed by atoms with E-state index >= 15 is 0 Å². The van der Waals surface area contributed by atoms with Gasteiger partial charge in [-0.25, -0.2) is 9.97 Å². The molecule has 0 fully saturated rings. The van der Waals surface area contributed by atoms with Crippen molar-refractivity contribution in [3.05, 3.63) is 26.9 Å². The van der Waals surface area contributed by atoms with Gasteiger partial charge in [-0.3, -0.25) is 14.9 Å². The van der Waals surface area contributed by atoms with Crippen LogP contribution in [0.1, 0.15) is 50.6 Å². The van der Waals surface area contributed by atoms with Gasteiger partial charge < -0.3 is 4.74 Å². The minimum atomic E-state index is -0.748. The van der Waals surface area contributed by atoms with Gasteiger partial charge in [0.05, 0.1) is 21.4 Å². The van der Waals surface area contributed by atoms with Gasteiger partial charge in [-0.05, 0) is 34.1 Å². The van der Waals surface area contributed by atoms with Gasteiger partial charge in [0.1, 0.15) is 22.1 Å². The van der Waals surface area contributed by atoms with E-state index in [1.165, 1.54) is 17.5 Å². The molecule has 2 aromatic rings. The predicted octanol–water partition coefficient (Wildman–Crippen LogP) is 3.74. The van der Waals surface area contributed by atoms with Crippen LogP contribution in [0.4, 0.5) is 5.69 Å². The van der Waals surface area contributed by atoms with E-state index in [-0.39, 0.29) is 5.69 Å². The van der Waals surface area contributed by atoms with Crippen LogP contribution in [0, 0.1) is 17.0 Å². The van der Waals surface area contributed by atoms with E-state index in [2.05, 4.69) is 9.97 Å². The molecular weight excluding hydrogens is 318 g/mol. The maximum Gasteiger partial charge on any atom is 0.314 e. The number of hydrogen-bond donors (Lipinski definition) is 0. The van der Waals surface area contributed by atoms with Gasteiger partial charge in [0.25, 0.3) is 5.69 Å². The van der Waals surface area contributed by atoms with Gasteiger partial charge in [-0.2, -0.15) is 0 Å². The zero-order valence-corrected chi connectivity index (χ0v) is 14.6. The molecule has 0 aliphatic heterocycles. The van der Waals surface area contributed by atoms with Crippen molar-refractivity contribution in [2.45, 2.75) is 52.6 Å².